The highest BCUT2D eigenvalue weighted by Gasteiger charge is 2.41. The maximum atomic E-state index is 13.6. The predicted molar refractivity (Wildman–Crippen MR) is 136 cm³/mol. The lowest BCUT2D eigenvalue weighted by atomic mass is 10.1. The number of carbonyl (C=O) groups excluding carboxylic acids is 2. The zero-order valence-electron chi connectivity index (χ0n) is 18.2. The fourth-order valence-electron chi connectivity index (χ4n) is 3.58. The van der Waals surface area contributed by atoms with Crippen molar-refractivity contribution < 1.29 is 14.0 Å². The summed E-state index contributed by atoms with van der Waals surface area (Å²) in [6, 6.07) is 21.5. The molecule has 0 aromatic heterocycles. The largest absolute Gasteiger partial charge is 0.347 e. The van der Waals surface area contributed by atoms with Crippen LogP contribution in [-0.4, -0.2) is 17.1 Å². The van der Waals surface area contributed by atoms with E-state index in [0.29, 0.717) is 21.3 Å². The number of benzene rings is 3. The van der Waals surface area contributed by atoms with Crippen LogP contribution in [0.25, 0.3) is 0 Å². The van der Waals surface area contributed by atoms with E-state index in [9.17, 15) is 19.2 Å². The fraction of sp³-hybridized carbons (Fsp3) is 0.115. The third-order valence-corrected chi connectivity index (χ3v) is 7.17. The first-order valence-corrected chi connectivity index (χ1v) is 12.2. The Morgan fingerprint density at radius 1 is 1.09 bits per heavy atom. The summed E-state index contributed by atoms with van der Waals surface area (Å²) in [6.45, 7) is 0.217. The molecule has 1 heterocycles. The predicted octanol–water partition coefficient (Wildman–Crippen LogP) is 5.88. The molecule has 35 heavy (non-hydrogen) atoms. The lowest BCUT2D eigenvalue weighted by Gasteiger charge is -2.18. The molecule has 0 spiro atoms. The Balaban J connectivity index is 1.69. The number of nitrogens with zero attached hydrogens (tertiary/aromatic N) is 2. The van der Waals surface area contributed by atoms with Crippen molar-refractivity contribution in [1.29, 1.82) is 5.26 Å². The van der Waals surface area contributed by atoms with Gasteiger partial charge in [0.1, 0.15) is 22.5 Å². The smallest absolute Gasteiger partial charge is 0.264 e. The van der Waals surface area contributed by atoms with Gasteiger partial charge < -0.3 is 5.32 Å². The van der Waals surface area contributed by atoms with E-state index in [-0.39, 0.29) is 29.5 Å². The van der Waals surface area contributed by atoms with Crippen molar-refractivity contribution in [2.75, 3.05) is 4.90 Å². The van der Waals surface area contributed by atoms with E-state index in [4.69, 9.17) is 23.2 Å². The van der Waals surface area contributed by atoms with Crippen molar-refractivity contribution in [3.63, 3.8) is 0 Å². The molecule has 0 radical (unpaired) electrons. The van der Waals surface area contributed by atoms with Crippen molar-refractivity contribution in [3.05, 3.63) is 110 Å². The van der Waals surface area contributed by atoms with Crippen LogP contribution in [0.4, 0.5) is 10.1 Å². The average molecular weight is 526 g/mol. The van der Waals surface area contributed by atoms with E-state index >= 15 is 0 Å². The van der Waals surface area contributed by atoms with E-state index in [0.717, 1.165) is 17.3 Å². The first-order valence-electron chi connectivity index (χ1n) is 10.5. The summed E-state index contributed by atoms with van der Waals surface area (Å²) >= 11 is 13.5. The van der Waals surface area contributed by atoms with Crippen molar-refractivity contribution in [2.24, 2.45) is 0 Å². The molecule has 1 aliphatic rings. The number of nitriles is 1. The van der Waals surface area contributed by atoms with Gasteiger partial charge in [0.25, 0.3) is 5.91 Å². The number of anilines is 1. The molecule has 1 aliphatic heterocycles. The molecule has 0 aliphatic carbocycles. The third-order valence-electron chi connectivity index (χ3n) is 5.30. The van der Waals surface area contributed by atoms with E-state index in [1.807, 2.05) is 36.4 Å². The van der Waals surface area contributed by atoms with Crippen LogP contribution in [0.2, 0.25) is 10.0 Å². The molecule has 176 valence electrons. The Morgan fingerprint density at radius 3 is 2.49 bits per heavy atom. The molecular weight excluding hydrogens is 508 g/mol. The summed E-state index contributed by atoms with van der Waals surface area (Å²) in [5, 5.41) is 13.1. The number of thioether (sulfide) groups is 1. The van der Waals surface area contributed by atoms with Crippen molar-refractivity contribution >= 4 is 52.5 Å². The fourth-order valence-corrected chi connectivity index (χ4v) is 5.26. The highest BCUT2D eigenvalue weighted by atomic mass is 35.5. The molecule has 1 fully saturated rings. The van der Waals surface area contributed by atoms with Gasteiger partial charge in [-0.05, 0) is 60.0 Å². The van der Waals surface area contributed by atoms with E-state index in [2.05, 4.69) is 5.32 Å². The summed E-state index contributed by atoms with van der Waals surface area (Å²) in [5.41, 5.74) is 1.67. The van der Waals surface area contributed by atoms with Crippen LogP contribution >= 0.6 is 35.0 Å². The Bertz CT molecular complexity index is 1340. The number of nitrogens with one attached hydrogen (secondary N) is 1. The number of halogens is 3. The Labute approximate surface area is 216 Å². The summed E-state index contributed by atoms with van der Waals surface area (Å²) in [5.74, 6) is -1.43. The molecule has 4 rings (SSSR count). The minimum absolute atomic E-state index is 0.179. The van der Waals surface area contributed by atoms with Crippen LogP contribution in [0, 0.1) is 17.1 Å². The monoisotopic (exact) mass is 525 g/mol. The molecule has 0 unspecified atom stereocenters. The van der Waals surface area contributed by atoms with Gasteiger partial charge in [-0.2, -0.15) is 5.26 Å². The van der Waals surface area contributed by atoms with Crippen molar-refractivity contribution in [3.8, 4) is 6.07 Å². The second-order valence-electron chi connectivity index (χ2n) is 7.66. The maximum Gasteiger partial charge on any atom is 0.264 e. The van der Waals surface area contributed by atoms with Crippen LogP contribution in [0.3, 0.4) is 0 Å². The average Bonchev–Trinajstić information content (AvgIpc) is 3.17. The van der Waals surface area contributed by atoms with Crippen molar-refractivity contribution in [1.82, 2.24) is 5.32 Å². The molecule has 2 amide bonds. The highest BCUT2D eigenvalue weighted by molar-refractivity contribution is 8.05. The van der Waals surface area contributed by atoms with E-state index < -0.39 is 17.0 Å². The van der Waals surface area contributed by atoms with Gasteiger partial charge in [0.05, 0.1) is 5.25 Å². The van der Waals surface area contributed by atoms with Gasteiger partial charge in [-0.15, -0.1) is 0 Å². The molecule has 1 saturated heterocycles. The maximum absolute atomic E-state index is 13.6. The van der Waals surface area contributed by atoms with Crippen LogP contribution in [0.5, 0.6) is 0 Å². The third kappa shape index (κ3) is 5.68. The molecule has 9 heteroatoms. The van der Waals surface area contributed by atoms with Gasteiger partial charge in [0.2, 0.25) is 5.91 Å². The van der Waals surface area contributed by atoms with Gasteiger partial charge in [-0.3, -0.25) is 14.5 Å². The number of rotatable bonds is 6. The second-order valence-corrected chi connectivity index (χ2v) is 9.69. The highest BCUT2D eigenvalue weighted by Crippen LogP contribution is 2.42. The number of carbonyl (C=O) groups is 2. The van der Waals surface area contributed by atoms with E-state index in [1.54, 1.807) is 18.2 Å². The molecular formula is C26H18Cl2FN3O2S. The topological polar surface area (TPSA) is 73.2 Å². The first-order chi connectivity index (χ1) is 16.9. The summed E-state index contributed by atoms with van der Waals surface area (Å²) in [4.78, 5) is 27.8. The lowest BCUT2D eigenvalue weighted by Crippen LogP contribution is -2.32. The molecule has 3 aromatic carbocycles. The van der Waals surface area contributed by atoms with Gasteiger partial charge >= 0.3 is 0 Å². The summed E-state index contributed by atoms with van der Waals surface area (Å²) in [7, 11) is 0. The zero-order chi connectivity index (χ0) is 24.9. The molecule has 1 atom stereocenters. The van der Waals surface area contributed by atoms with Gasteiger partial charge in [-0.1, -0.05) is 65.3 Å². The van der Waals surface area contributed by atoms with Crippen LogP contribution < -0.4 is 10.2 Å². The molecule has 5 nitrogen and oxygen atoms in total. The summed E-state index contributed by atoms with van der Waals surface area (Å²) in [6.07, 6.45) is 0.231. The minimum Gasteiger partial charge on any atom is -0.347 e. The molecule has 0 bridgehead atoms. The second kappa shape index (κ2) is 11.0. The standard InChI is InChI=1S/C26H18Cl2FN3O2S/c27-18-6-11-22(28)17(12-18)13-23-25(34)32(20-9-7-19(29)8-10-20)26(35-23)21(14-30)24(33)31-15-16-4-2-1-3-5-16/h1-12,23H,13,15H2,(H,31,33)/b26-21-/t23-/m0/s1. The first kappa shape index (κ1) is 24.8. The Kier molecular flexibility index (Phi) is 7.76. The van der Waals surface area contributed by atoms with Gasteiger partial charge in [0.15, 0.2) is 0 Å². The number of hydrogen-bond acceptors (Lipinski definition) is 4. The quantitative estimate of drug-likeness (QED) is 0.322. The number of hydrogen-bond donors (Lipinski definition) is 1. The molecule has 1 N–H and O–H groups in total. The van der Waals surface area contributed by atoms with E-state index in [1.165, 1.54) is 29.2 Å². The Hall–Kier alpha value is -3.31. The summed E-state index contributed by atoms with van der Waals surface area (Å²) < 4.78 is 13.6. The number of amides is 2. The Morgan fingerprint density at radius 2 is 1.80 bits per heavy atom. The van der Waals surface area contributed by atoms with Crippen LogP contribution in [0.15, 0.2) is 83.4 Å². The minimum atomic E-state index is -0.670. The SMILES string of the molecule is N#C/C(C(=O)NCc1ccccc1)=C1/S[C@@H](Cc2cc(Cl)ccc2Cl)C(=O)N1c1ccc(F)cc1. The van der Waals surface area contributed by atoms with Crippen LogP contribution in [0.1, 0.15) is 11.1 Å². The van der Waals surface area contributed by atoms with Crippen LogP contribution in [-0.2, 0) is 22.6 Å². The normalized spacial score (nSPS) is 16.7. The van der Waals surface area contributed by atoms with Gasteiger partial charge in [0, 0.05) is 22.3 Å². The van der Waals surface area contributed by atoms with Crippen molar-refractivity contribution in [2.45, 2.75) is 18.2 Å². The lowest BCUT2D eigenvalue weighted by molar-refractivity contribution is -0.117. The van der Waals surface area contributed by atoms with Gasteiger partial charge in [-0.25, -0.2) is 4.39 Å². The zero-order valence-corrected chi connectivity index (χ0v) is 20.5. The molecule has 0 saturated carbocycles. The molecule has 3 aromatic rings.